The lowest BCUT2D eigenvalue weighted by Gasteiger charge is -2.32. The van der Waals surface area contributed by atoms with Crippen LogP contribution in [0.3, 0.4) is 0 Å². The predicted octanol–water partition coefficient (Wildman–Crippen LogP) is 4.26. The molecule has 5 nitrogen and oxygen atoms in total. The highest BCUT2D eigenvalue weighted by atomic mass is 16.1. The zero-order valence-corrected chi connectivity index (χ0v) is 18.3. The molecule has 1 aliphatic rings. The van der Waals surface area contributed by atoms with Crippen LogP contribution in [-0.4, -0.2) is 35.5 Å². The Morgan fingerprint density at radius 2 is 1.58 bits per heavy atom. The van der Waals surface area contributed by atoms with Gasteiger partial charge >= 0.3 is 0 Å². The first-order valence-corrected chi connectivity index (χ1v) is 11.0. The second kappa shape index (κ2) is 9.73. The van der Waals surface area contributed by atoms with Crippen molar-refractivity contribution in [3.8, 4) is 0 Å². The summed E-state index contributed by atoms with van der Waals surface area (Å²) in [6.07, 6.45) is 1.86. The molecular weight excluding hydrogens is 384 g/mol. The summed E-state index contributed by atoms with van der Waals surface area (Å²) in [5.41, 5.74) is 4.34. The summed E-state index contributed by atoms with van der Waals surface area (Å²) in [6.45, 7) is 6.11. The molecule has 1 aliphatic heterocycles. The van der Waals surface area contributed by atoms with Crippen LogP contribution in [0.2, 0.25) is 0 Å². The molecule has 1 amide bonds. The van der Waals surface area contributed by atoms with Gasteiger partial charge in [-0.2, -0.15) is 0 Å². The lowest BCUT2D eigenvalue weighted by Crippen LogP contribution is -2.44. The molecule has 160 valence electrons. The minimum absolute atomic E-state index is 0.0506. The lowest BCUT2D eigenvalue weighted by molar-refractivity contribution is -0.125. The van der Waals surface area contributed by atoms with E-state index < -0.39 is 0 Å². The third-order valence-electron chi connectivity index (χ3n) is 5.93. The van der Waals surface area contributed by atoms with Crippen LogP contribution in [0.15, 0.2) is 66.7 Å². The maximum Gasteiger partial charge on any atom is 0.225 e. The Morgan fingerprint density at radius 3 is 2.16 bits per heavy atom. The fourth-order valence-corrected chi connectivity index (χ4v) is 4.37. The zero-order chi connectivity index (χ0) is 21.6. The Labute approximate surface area is 184 Å². The molecule has 1 fully saturated rings. The van der Waals surface area contributed by atoms with E-state index in [9.17, 15) is 4.79 Å². The molecule has 31 heavy (non-hydrogen) atoms. The van der Waals surface area contributed by atoms with Crippen molar-refractivity contribution in [1.82, 2.24) is 15.3 Å². The van der Waals surface area contributed by atoms with E-state index in [0.29, 0.717) is 13.1 Å². The molecule has 3 aromatic rings. The Hall–Kier alpha value is -3.21. The Morgan fingerprint density at radius 1 is 1.00 bits per heavy atom. The first-order chi connectivity index (χ1) is 15.1. The van der Waals surface area contributed by atoms with Gasteiger partial charge in [0.15, 0.2) is 0 Å². The van der Waals surface area contributed by atoms with Crippen molar-refractivity contribution >= 4 is 11.9 Å². The fourth-order valence-electron chi connectivity index (χ4n) is 4.37. The number of hydrogen-bond acceptors (Lipinski definition) is 4. The average molecular weight is 415 g/mol. The van der Waals surface area contributed by atoms with E-state index in [0.717, 1.165) is 36.7 Å². The van der Waals surface area contributed by atoms with E-state index in [-0.39, 0.29) is 17.7 Å². The molecule has 0 unspecified atom stereocenters. The number of aryl methyl sites for hydroxylation is 2. The number of carbonyl (C=O) groups excluding carboxylic acids is 1. The molecule has 4 rings (SSSR count). The van der Waals surface area contributed by atoms with Gasteiger partial charge in [0.25, 0.3) is 0 Å². The summed E-state index contributed by atoms with van der Waals surface area (Å²) in [7, 11) is 0. The van der Waals surface area contributed by atoms with Gasteiger partial charge in [-0.1, -0.05) is 60.7 Å². The van der Waals surface area contributed by atoms with Gasteiger partial charge in [-0.25, -0.2) is 9.97 Å². The van der Waals surface area contributed by atoms with Crippen LogP contribution in [0, 0.1) is 19.8 Å². The van der Waals surface area contributed by atoms with Crippen LogP contribution in [0.4, 0.5) is 5.95 Å². The lowest BCUT2D eigenvalue weighted by atomic mass is 9.90. The summed E-state index contributed by atoms with van der Waals surface area (Å²) in [6, 6.07) is 22.7. The standard InChI is InChI=1S/C26H30N4O/c1-19-16-20(2)29-26(28-19)30-15-9-14-23(18-30)25(31)27-17-24(21-10-5-3-6-11-21)22-12-7-4-8-13-22/h3-8,10-13,16,23-24H,9,14-15,17-18H2,1-2H3,(H,27,31)/t23-/m0/s1. The number of benzene rings is 2. The van der Waals surface area contributed by atoms with E-state index in [1.807, 2.05) is 32.0 Å². The Kier molecular flexibility index (Phi) is 6.60. The van der Waals surface area contributed by atoms with Crippen molar-refractivity contribution in [1.29, 1.82) is 0 Å². The quantitative estimate of drug-likeness (QED) is 0.655. The Balaban J connectivity index is 1.44. The number of carbonyl (C=O) groups is 1. The van der Waals surface area contributed by atoms with Gasteiger partial charge in [0.2, 0.25) is 11.9 Å². The molecule has 2 heterocycles. The number of amides is 1. The van der Waals surface area contributed by atoms with Crippen LogP contribution < -0.4 is 10.2 Å². The molecule has 0 bridgehead atoms. The zero-order valence-electron chi connectivity index (χ0n) is 18.3. The van der Waals surface area contributed by atoms with E-state index >= 15 is 0 Å². The second-order valence-corrected chi connectivity index (χ2v) is 8.35. The van der Waals surface area contributed by atoms with Crippen molar-refractivity contribution in [2.45, 2.75) is 32.6 Å². The maximum atomic E-state index is 13.1. The van der Waals surface area contributed by atoms with Gasteiger partial charge < -0.3 is 10.2 Å². The molecule has 1 saturated heterocycles. The topological polar surface area (TPSA) is 58.1 Å². The minimum Gasteiger partial charge on any atom is -0.355 e. The van der Waals surface area contributed by atoms with E-state index in [4.69, 9.17) is 0 Å². The molecule has 0 saturated carbocycles. The van der Waals surface area contributed by atoms with Crippen molar-refractivity contribution in [3.05, 3.63) is 89.2 Å². The maximum absolute atomic E-state index is 13.1. The molecular formula is C26H30N4O. The SMILES string of the molecule is Cc1cc(C)nc(N2CCC[C@H](C(=O)NCC(c3ccccc3)c3ccccc3)C2)n1. The number of anilines is 1. The molecule has 1 atom stereocenters. The summed E-state index contributed by atoms with van der Waals surface area (Å²) < 4.78 is 0. The fraction of sp³-hybridized carbons (Fsp3) is 0.346. The van der Waals surface area contributed by atoms with Crippen LogP contribution in [0.1, 0.15) is 41.3 Å². The van der Waals surface area contributed by atoms with Gasteiger partial charge in [-0.3, -0.25) is 4.79 Å². The van der Waals surface area contributed by atoms with Gasteiger partial charge in [0.1, 0.15) is 0 Å². The number of nitrogens with one attached hydrogen (secondary N) is 1. The smallest absolute Gasteiger partial charge is 0.225 e. The molecule has 1 aromatic heterocycles. The summed E-state index contributed by atoms with van der Waals surface area (Å²) in [4.78, 5) is 24.4. The van der Waals surface area contributed by atoms with E-state index in [1.165, 1.54) is 11.1 Å². The van der Waals surface area contributed by atoms with E-state index in [2.05, 4.69) is 68.7 Å². The minimum atomic E-state index is -0.0506. The molecule has 1 N–H and O–H groups in total. The monoisotopic (exact) mass is 414 g/mol. The van der Waals surface area contributed by atoms with Crippen molar-refractivity contribution < 1.29 is 4.79 Å². The van der Waals surface area contributed by atoms with E-state index in [1.54, 1.807) is 0 Å². The van der Waals surface area contributed by atoms with Crippen molar-refractivity contribution in [2.24, 2.45) is 5.92 Å². The Bertz CT molecular complexity index is 947. The number of nitrogens with zero attached hydrogens (tertiary/aromatic N) is 3. The van der Waals surface area contributed by atoms with Crippen LogP contribution in [0.25, 0.3) is 0 Å². The number of hydrogen-bond donors (Lipinski definition) is 1. The van der Waals surface area contributed by atoms with Gasteiger partial charge in [0.05, 0.1) is 5.92 Å². The largest absolute Gasteiger partial charge is 0.355 e. The first kappa shape index (κ1) is 21.0. The summed E-state index contributed by atoms with van der Waals surface area (Å²) in [5.74, 6) is 0.937. The van der Waals surface area contributed by atoms with Crippen LogP contribution >= 0.6 is 0 Å². The van der Waals surface area contributed by atoms with Gasteiger partial charge in [-0.15, -0.1) is 0 Å². The molecule has 0 aliphatic carbocycles. The predicted molar refractivity (Wildman–Crippen MR) is 124 cm³/mol. The normalized spacial score (nSPS) is 16.4. The summed E-state index contributed by atoms with van der Waals surface area (Å²) in [5, 5.41) is 3.24. The van der Waals surface area contributed by atoms with Crippen molar-refractivity contribution in [2.75, 3.05) is 24.5 Å². The molecule has 0 spiro atoms. The highest BCUT2D eigenvalue weighted by molar-refractivity contribution is 5.79. The van der Waals surface area contributed by atoms with Gasteiger partial charge in [-0.05, 0) is 43.9 Å². The highest BCUT2D eigenvalue weighted by Gasteiger charge is 2.28. The first-order valence-electron chi connectivity index (χ1n) is 11.0. The third kappa shape index (κ3) is 5.29. The molecule has 0 radical (unpaired) electrons. The average Bonchev–Trinajstić information content (AvgIpc) is 2.80. The second-order valence-electron chi connectivity index (χ2n) is 8.35. The number of piperidine rings is 1. The highest BCUT2D eigenvalue weighted by Crippen LogP contribution is 2.25. The molecule has 5 heteroatoms. The molecule has 2 aromatic carbocycles. The van der Waals surface area contributed by atoms with Gasteiger partial charge in [0, 0.05) is 36.9 Å². The number of rotatable bonds is 6. The number of aromatic nitrogens is 2. The third-order valence-corrected chi connectivity index (χ3v) is 5.93. The van der Waals surface area contributed by atoms with Crippen LogP contribution in [0.5, 0.6) is 0 Å². The van der Waals surface area contributed by atoms with Crippen molar-refractivity contribution in [3.63, 3.8) is 0 Å². The van der Waals surface area contributed by atoms with Crippen LogP contribution in [-0.2, 0) is 4.79 Å². The summed E-state index contributed by atoms with van der Waals surface area (Å²) >= 11 is 0.